The molecule has 0 amide bonds. The highest BCUT2D eigenvalue weighted by molar-refractivity contribution is 7.99. The molecule has 0 saturated carbocycles. The fraction of sp³-hybridized carbons (Fsp3) is 0.0667. The highest BCUT2D eigenvalue weighted by Gasteiger charge is 2.21. The molecule has 0 atom stereocenters. The molecule has 2 aromatic heterocycles. The van der Waals surface area contributed by atoms with Gasteiger partial charge in [-0.15, -0.1) is 0 Å². The van der Waals surface area contributed by atoms with Crippen molar-refractivity contribution in [3.63, 3.8) is 0 Å². The van der Waals surface area contributed by atoms with Crippen LogP contribution in [-0.4, -0.2) is 31.7 Å². The maximum atomic E-state index is 12.1. The van der Waals surface area contributed by atoms with E-state index < -0.39 is 11.6 Å². The molecule has 0 radical (unpaired) electrons. The maximum absolute atomic E-state index is 12.1. The second kappa shape index (κ2) is 6.40. The molecule has 0 aliphatic rings. The molecule has 0 bridgehead atoms. The van der Waals surface area contributed by atoms with Crippen molar-refractivity contribution in [3.05, 3.63) is 60.4 Å². The molecule has 110 valence electrons. The number of Topliss-reactive ketones (excluding diaryl/α,β-unsaturated/α-hetero) is 2. The van der Waals surface area contributed by atoms with E-state index in [9.17, 15) is 9.59 Å². The van der Waals surface area contributed by atoms with Gasteiger partial charge < -0.3 is 4.98 Å². The number of benzene rings is 1. The molecule has 0 aliphatic carbocycles. The molecule has 1 aromatic carbocycles. The van der Waals surface area contributed by atoms with Crippen LogP contribution in [0, 0.1) is 0 Å². The molecule has 2 N–H and O–H groups in total. The molecule has 7 heteroatoms. The van der Waals surface area contributed by atoms with Gasteiger partial charge in [-0.05, 0) is 17.7 Å². The Hall–Kier alpha value is -2.67. The third-order valence-corrected chi connectivity index (χ3v) is 4.10. The molecular formula is C15H12N4O2S. The minimum atomic E-state index is -0.658. The normalized spacial score (nSPS) is 10.5. The van der Waals surface area contributed by atoms with E-state index in [2.05, 4.69) is 20.2 Å². The average Bonchev–Trinajstić information content (AvgIpc) is 3.20. The lowest BCUT2D eigenvalue weighted by atomic mass is 10.1. The molecule has 0 saturated heterocycles. The maximum Gasteiger partial charge on any atom is 0.265 e. The number of nitrogens with one attached hydrogen (secondary N) is 2. The van der Waals surface area contributed by atoms with Crippen molar-refractivity contribution in [2.24, 2.45) is 0 Å². The van der Waals surface area contributed by atoms with Crippen molar-refractivity contribution in [1.29, 1.82) is 0 Å². The average molecular weight is 312 g/mol. The van der Waals surface area contributed by atoms with Gasteiger partial charge in [-0.3, -0.25) is 14.7 Å². The predicted molar refractivity (Wildman–Crippen MR) is 80.8 cm³/mol. The zero-order valence-corrected chi connectivity index (χ0v) is 12.3. The summed E-state index contributed by atoms with van der Waals surface area (Å²) in [5, 5.41) is 5.98. The Morgan fingerprint density at radius 2 is 1.95 bits per heavy atom. The first-order chi connectivity index (χ1) is 10.7. The molecule has 0 spiro atoms. The Labute approximate surface area is 130 Å². The van der Waals surface area contributed by atoms with Crippen LogP contribution in [0.25, 0.3) is 0 Å². The number of hydrogen-bond donors (Lipinski definition) is 2. The van der Waals surface area contributed by atoms with Crippen LogP contribution in [0.1, 0.15) is 16.2 Å². The first kappa shape index (κ1) is 14.3. The molecular weight excluding hydrogens is 300 g/mol. The number of carbonyl (C=O) groups is 2. The minimum Gasteiger partial charge on any atom is -0.366 e. The highest BCUT2D eigenvalue weighted by atomic mass is 32.2. The quantitative estimate of drug-likeness (QED) is 0.538. The Kier molecular flexibility index (Phi) is 4.15. The first-order valence-electron chi connectivity index (χ1n) is 6.55. The molecule has 0 aliphatic heterocycles. The molecule has 3 aromatic rings. The number of carbonyl (C=O) groups excluding carboxylic acids is 2. The van der Waals surface area contributed by atoms with Crippen molar-refractivity contribution in [1.82, 2.24) is 20.2 Å². The summed E-state index contributed by atoms with van der Waals surface area (Å²) < 4.78 is 0. The van der Waals surface area contributed by atoms with Gasteiger partial charge in [0.1, 0.15) is 6.33 Å². The van der Waals surface area contributed by atoms with E-state index in [1.165, 1.54) is 6.33 Å². The van der Waals surface area contributed by atoms with Crippen molar-refractivity contribution in [2.75, 3.05) is 0 Å². The standard InChI is InChI=1S/C15H12N4O2S/c20-12(14(21)15-17-9-18-19-15)6-10-7-16-8-13(10)22-11-4-2-1-3-5-11/h1-5,7-9,16H,6H2,(H,17,18,19). The predicted octanol–water partition coefficient (Wildman–Crippen LogP) is 2.28. The zero-order chi connectivity index (χ0) is 15.4. The van der Waals surface area contributed by atoms with Gasteiger partial charge in [-0.2, -0.15) is 5.10 Å². The molecule has 0 unspecified atom stereocenters. The van der Waals surface area contributed by atoms with E-state index in [4.69, 9.17) is 0 Å². The summed E-state index contributed by atoms with van der Waals surface area (Å²) in [7, 11) is 0. The number of hydrogen-bond acceptors (Lipinski definition) is 5. The van der Waals surface area contributed by atoms with Crippen LogP contribution in [0.3, 0.4) is 0 Å². The largest absolute Gasteiger partial charge is 0.366 e. The van der Waals surface area contributed by atoms with Crippen LogP contribution in [0.4, 0.5) is 0 Å². The van der Waals surface area contributed by atoms with Gasteiger partial charge in [0.2, 0.25) is 5.78 Å². The number of aromatic amines is 2. The SMILES string of the molecule is O=C(Cc1c[nH]cc1Sc1ccccc1)C(=O)c1ncn[nH]1. The lowest BCUT2D eigenvalue weighted by molar-refractivity contribution is -0.114. The summed E-state index contributed by atoms with van der Waals surface area (Å²) in [6.07, 6.45) is 4.78. The van der Waals surface area contributed by atoms with Gasteiger partial charge in [0.25, 0.3) is 5.78 Å². The monoisotopic (exact) mass is 312 g/mol. The highest BCUT2D eigenvalue weighted by Crippen LogP contribution is 2.30. The number of nitrogens with zero attached hydrogens (tertiary/aromatic N) is 2. The van der Waals surface area contributed by atoms with Crippen LogP contribution in [0.2, 0.25) is 0 Å². The summed E-state index contributed by atoms with van der Waals surface area (Å²) in [5.41, 5.74) is 0.784. The topological polar surface area (TPSA) is 91.5 Å². The van der Waals surface area contributed by atoms with Crippen LogP contribution < -0.4 is 0 Å². The van der Waals surface area contributed by atoms with E-state index in [-0.39, 0.29) is 12.2 Å². The molecule has 6 nitrogen and oxygen atoms in total. The van der Waals surface area contributed by atoms with Crippen molar-refractivity contribution >= 4 is 23.3 Å². The fourth-order valence-corrected chi connectivity index (χ4v) is 2.87. The lowest BCUT2D eigenvalue weighted by Crippen LogP contribution is -2.18. The summed E-state index contributed by atoms with van der Waals surface area (Å²) >= 11 is 1.54. The smallest absolute Gasteiger partial charge is 0.265 e. The van der Waals surface area contributed by atoms with Gasteiger partial charge in [-0.1, -0.05) is 30.0 Å². The Morgan fingerprint density at radius 3 is 2.68 bits per heavy atom. The molecule has 3 rings (SSSR count). The Morgan fingerprint density at radius 1 is 1.14 bits per heavy atom. The molecule has 0 fully saturated rings. The van der Waals surface area contributed by atoms with Gasteiger partial charge in [0.15, 0.2) is 5.82 Å². The van der Waals surface area contributed by atoms with E-state index in [1.54, 1.807) is 18.0 Å². The van der Waals surface area contributed by atoms with Crippen molar-refractivity contribution in [3.8, 4) is 0 Å². The third-order valence-electron chi connectivity index (χ3n) is 2.99. The van der Waals surface area contributed by atoms with Crippen LogP contribution >= 0.6 is 11.8 Å². The second-order valence-electron chi connectivity index (χ2n) is 4.52. The first-order valence-corrected chi connectivity index (χ1v) is 7.37. The van der Waals surface area contributed by atoms with Crippen molar-refractivity contribution in [2.45, 2.75) is 16.2 Å². The third kappa shape index (κ3) is 3.15. The summed E-state index contributed by atoms with van der Waals surface area (Å²) in [4.78, 5) is 32.6. The van der Waals surface area contributed by atoms with E-state index in [0.717, 1.165) is 15.4 Å². The zero-order valence-electron chi connectivity index (χ0n) is 11.4. The van der Waals surface area contributed by atoms with Crippen LogP contribution in [0.5, 0.6) is 0 Å². The van der Waals surface area contributed by atoms with Crippen LogP contribution in [0.15, 0.2) is 58.8 Å². The summed E-state index contributed by atoms with van der Waals surface area (Å²) in [6.45, 7) is 0. The number of aromatic nitrogens is 4. The Bertz CT molecular complexity index is 781. The molecule has 22 heavy (non-hydrogen) atoms. The van der Waals surface area contributed by atoms with E-state index in [1.807, 2.05) is 36.5 Å². The van der Waals surface area contributed by atoms with E-state index in [0.29, 0.717) is 0 Å². The van der Waals surface area contributed by atoms with Gasteiger partial charge in [0, 0.05) is 28.6 Å². The van der Waals surface area contributed by atoms with Gasteiger partial charge in [0.05, 0.1) is 0 Å². The van der Waals surface area contributed by atoms with Crippen molar-refractivity contribution < 1.29 is 9.59 Å². The van der Waals surface area contributed by atoms with Gasteiger partial charge in [-0.25, -0.2) is 4.98 Å². The number of H-pyrrole nitrogens is 2. The van der Waals surface area contributed by atoms with Gasteiger partial charge >= 0.3 is 0 Å². The lowest BCUT2D eigenvalue weighted by Gasteiger charge is -2.02. The molecule has 2 heterocycles. The fourth-order valence-electron chi connectivity index (χ4n) is 1.93. The summed E-state index contributed by atoms with van der Waals surface area (Å²) in [6, 6.07) is 9.83. The second-order valence-corrected chi connectivity index (χ2v) is 5.64. The summed E-state index contributed by atoms with van der Waals surface area (Å²) in [5.74, 6) is -1.21. The minimum absolute atomic E-state index is 0.0260. The van der Waals surface area contributed by atoms with E-state index >= 15 is 0 Å². The van der Waals surface area contributed by atoms with Crippen LogP contribution in [-0.2, 0) is 11.2 Å². The number of ketones is 2. The number of rotatable bonds is 6. The Balaban J connectivity index is 1.72.